The molecule has 2 heterocycles. The summed E-state index contributed by atoms with van der Waals surface area (Å²) in [6.07, 6.45) is 3.63. The zero-order valence-corrected chi connectivity index (χ0v) is 19.7. The van der Waals surface area contributed by atoms with Crippen LogP contribution in [0.2, 0.25) is 0 Å². The van der Waals surface area contributed by atoms with Gasteiger partial charge in [-0.25, -0.2) is 13.4 Å². The van der Waals surface area contributed by atoms with E-state index in [0.717, 1.165) is 30.3 Å². The second-order valence-corrected chi connectivity index (χ2v) is 9.63. The van der Waals surface area contributed by atoms with Gasteiger partial charge in [-0.15, -0.1) is 0 Å². The van der Waals surface area contributed by atoms with E-state index in [9.17, 15) is 8.42 Å². The highest BCUT2D eigenvalue weighted by Crippen LogP contribution is 2.24. The van der Waals surface area contributed by atoms with Crippen LogP contribution >= 0.6 is 0 Å². The van der Waals surface area contributed by atoms with Crippen LogP contribution in [-0.2, 0) is 10.0 Å². The number of hydrogen-bond donors (Lipinski definition) is 2. The van der Waals surface area contributed by atoms with Gasteiger partial charge in [0, 0.05) is 36.2 Å². The van der Waals surface area contributed by atoms with Crippen molar-refractivity contribution in [3.05, 3.63) is 60.3 Å². The molecule has 0 unspecified atom stereocenters. The molecule has 0 aliphatic carbocycles. The minimum atomic E-state index is -3.70. The van der Waals surface area contributed by atoms with Crippen molar-refractivity contribution in [1.82, 2.24) is 9.97 Å². The van der Waals surface area contributed by atoms with Gasteiger partial charge in [0.15, 0.2) is 0 Å². The molecule has 0 bridgehead atoms. The molecule has 174 valence electrons. The number of sulfonamides is 1. The largest absolute Gasteiger partial charge is 0.494 e. The van der Waals surface area contributed by atoms with E-state index >= 15 is 0 Å². The summed E-state index contributed by atoms with van der Waals surface area (Å²) < 4.78 is 33.3. The van der Waals surface area contributed by atoms with Crippen molar-refractivity contribution in [3.63, 3.8) is 0 Å². The SMILES string of the molecule is CCOc1ccc(S(=O)(=O)Nc2ccc(Nc3nc(C)cc(N4CCCCC4)n3)cc2)cc1. The first-order valence-corrected chi connectivity index (χ1v) is 12.6. The zero-order chi connectivity index (χ0) is 23.3. The third-order valence-corrected chi connectivity index (χ3v) is 6.76. The fourth-order valence-corrected chi connectivity index (χ4v) is 4.80. The van der Waals surface area contributed by atoms with Crippen molar-refractivity contribution in [2.45, 2.75) is 38.0 Å². The lowest BCUT2D eigenvalue weighted by molar-refractivity contribution is 0.340. The predicted octanol–water partition coefficient (Wildman–Crippen LogP) is 4.72. The highest BCUT2D eigenvalue weighted by atomic mass is 32.2. The molecular weight excluding hydrogens is 438 g/mol. The van der Waals surface area contributed by atoms with Crippen LogP contribution in [0.15, 0.2) is 59.5 Å². The number of aromatic nitrogens is 2. The fourth-order valence-electron chi connectivity index (χ4n) is 3.74. The maximum atomic E-state index is 12.7. The fraction of sp³-hybridized carbons (Fsp3) is 0.333. The normalized spacial score (nSPS) is 14.1. The molecule has 2 N–H and O–H groups in total. The molecule has 0 spiro atoms. The molecule has 1 aliphatic rings. The Morgan fingerprint density at radius 3 is 2.27 bits per heavy atom. The highest BCUT2D eigenvalue weighted by molar-refractivity contribution is 7.92. The molecule has 0 amide bonds. The van der Waals surface area contributed by atoms with Gasteiger partial charge in [0.2, 0.25) is 5.95 Å². The van der Waals surface area contributed by atoms with Gasteiger partial charge in [0.1, 0.15) is 11.6 Å². The van der Waals surface area contributed by atoms with Crippen molar-refractivity contribution in [2.24, 2.45) is 0 Å². The van der Waals surface area contributed by atoms with Crippen LogP contribution in [0, 0.1) is 6.92 Å². The van der Waals surface area contributed by atoms with Crippen LogP contribution in [0.25, 0.3) is 0 Å². The van der Waals surface area contributed by atoms with Gasteiger partial charge in [-0.3, -0.25) is 4.72 Å². The molecule has 1 saturated heterocycles. The number of nitrogens with one attached hydrogen (secondary N) is 2. The van der Waals surface area contributed by atoms with Gasteiger partial charge in [-0.1, -0.05) is 0 Å². The highest BCUT2D eigenvalue weighted by Gasteiger charge is 2.15. The van der Waals surface area contributed by atoms with E-state index in [4.69, 9.17) is 4.74 Å². The Kier molecular flexibility index (Phi) is 6.98. The van der Waals surface area contributed by atoms with E-state index in [1.165, 1.54) is 31.4 Å². The second kappa shape index (κ2) is 10.1. The third kappa shape index (κ3) is 5.92. The van der Waals surface area contributed by atoms with Gasteiger partial charge in [0.05, 0.1) is 11.5 Å². The molecule has 0 radical (unpaired) electrons. The molecule has 1 fully saturated rings. The summed E-state index contributed by atoms with van der Waals surface area (Å²) in [7, 11) is -3.70. The maximum absolute atomic E-state index is 12.7. The minimum absolute atomic E-state index is 0.173. The van der Waals surface area contributed by atoms with E-state index in [0.29, 0.717) is 24.0 Å². The predicted molar refractivity (Wildman–Crippen MR) is 131 cm³/mol. The van der Waals surface area contributed by atoms with Crippen LogP contribution in [0.4, 0.5) is 23.1 Å². The van der Waals surface area contributed by atoms with Crippen LogP contribution in [0.1, 0.15) is 31.9 Å². The Balaban J connectivity index is 1.43. The van der Waals surface area contributed by atoms with E-state index in [1.807, 2.05) is 19.9 Å². The average Bonchev–Trinajstić information content (AvgIpc) is 2.81. The molecule has 0 saturated carbocycles. The van der Waals surface area contributed by atoms with E-state index < -0.39 is 10.0 Å². The smallest absolute Gasteiger partial charge is 0.261 e. The van der Waals surface area contributed by atoms with E-state index in [-0.39, 0.29) is 4.90 Å². The molecule has 4 rings (SSSR count). The molecule has 8 nitrogen and oxygen atoms in total. The molecule has 1 aromatic heterocycles. The Morgan fingerprint density at radius 1 is 0.939 bits per heavy atom. The molecule has 0 atom stereocenters. The Bertz CT molecular complexity index is 1180. The molecule has 1 aliphatic heterocycles. The van der Waals surface area contributed by atoms with Crippen LogP contribution in [0.3, 0.4) is 0 Å². The van der Waals surface area contributed by atoms with Crippen molar-refractivity contribution in [2.75, 3.05) is 34.6 Å². The molecular formula is C24H29N5O3S. The topological polar surface area (TPSA) is 96.5 Å². The summed E-state index contributed by atoms with van der Waals surface area (Å²) in [5.41, 5.74) is 2.13. The van der Waals surface area contributed by atoms with Gasteiger partial charge in [-0.2, -0.15) is 4.98 Å². The number of ether oxygens (including phenoxy) is 1. The van der Waals surface area contributed by atoms with Crippen molar-refractivity contribution in [3.8, 4) is 5.75 Å². The van der Waals surface area contributed by atoms with Gasteiger partial charge >= 0.3 is 0 Å². The summed E-state index contributed by atoms with van der Waals surface area (Å²) in [6.45, 7) is 6.39. The van der Waals surface area contributed by atoms with Crippen LogP contribution in [-0.4, -0.2) is 38.1 Å². The Labute approximate surface area is 195 Å². The number of anilines is 4. The number of rotatable bonds is 8. The first-order valence-electron chi connectivity index (χ1n) is 11.2. The monoisotopic (exact) mass is 467 g/mol. The minimum Gasteiger partial charge on any atom is -0.494 e. The molecule has 9 heteroatoms. The van der Waals surface area contributed by atoms with Gasteiger partial charge in [0.25, 0.3) is 10.0 Å². The number of benzene rings is 2. The Hall–Kier alpha value is -3.33. The number of hydrogen-bond acceptors (Lipinski definition) is 7. The zero-order valence-electron chi connectivity index (χ0n) is 18.9. The lowest BCUT2D eigenvalue weighted by atomic mass is 10.1. The quantitative estimate of drug-likeness (QED) is 0.495. The number of nitrogens with zero attached hydrogens (tertiary/aromatic N) is 3. The molecule has 2 aromatic carbocycles. The van der Waals surface area contributed by atoms with E-state index in [1.54, 1.807) is 36.4 Å². The first-order chi connectivity index (χ1) is 15.9. The summed E-state index contributed by atoms with van der Waals surface area (Å²) in [5, 5.41) is 3.22. The van der Waals surface area contributed by atoms with Gasteiger partial charge < -0.3 is 15.0 Å². The molecule has 33 heavy (non-hydrogen) atoms. The average molecular weight is 468 g/mol. The van der Waals surface area contributed by atoms with Crippen molar-refractivity contribution in [1.29, 1.82) is 0 Å². The second-order valence-electron chi connectivity index (χ2n) is 7.95. The number of piperidine rings is 1. The Morgan fingerprint density at radius 2 is 1.61 bits per heavy atom. The lowest BCUT2D eigenvalue weighted by Crippen LogP contribution is -2.30. The van der Waals surface area contributed by atoms with E-state index in [2.05, 4.69) is 24.9 Å². The van der Waals surface area contributed by atoms with Crippen LogP contribution in [0.5, 0.6) is 5.75 Å². The lowest BCUT2D eigenvalue weighted by Gasteiger charge is -2.28. The third-order valence-electron chi connectivity index (χ3n) is 5.36. The standard InChI is InChI=1S/C24H29N5O3S/c1-3-32-21-11-13-22(14-12-21)33(30,31)28-20-9-7-19(8-10-20)26-24-25-18(2)17-23(27-24)29-15-5-4-6-16-29/h7-14,17,28H,3-6,15-16H2,1-2H3,(H,25,26,27). The van der Waals surface area contributed by atoms with Crippen LogP contribution < -0.4 is 19.7 Å². The summed E-state index contributed by atoms with van der Waals surface area (Å²) in [5.74, 6) is 2.09. The molecule has 3 aromatic rings. The van der Waals surface area contributed by atoms with Crippen molar-refractivity contribution < 1.29 is 13.2 Å². The van der Waals surface area contributed by atoms with Crippen molar-refractivity contribution >= 4 is 33.2 Å². The maximum Gasteiger partial charge on any atom is 0.261 e. The first kappa shape index (κ1) is 22.8. The summed E-state index contributed by atoms with van der Waals surface area (Å²) in [6, 6.07) is 15.3. The number of aryl methyl sites for hydroxylation is 1. The summed E-state index contributed by atoms with van der Waals surface area (Å²) >= 11 is 0. The summed E-state index contributed by atoms with van der Waals surface area (Å²) in [4.78, 5) is 11.6. The van der Waals surface area contributed by atoms with Gasteiger partial charge in [-0.05, 0) is 81.6 Å².